The molecule has 0 aliphatic heterocycles. The van der Waals surface area contributed by atoms with Gasteiger partial charge in [0.25, 0.3) is 0 Å². The number of nitrogens with zero attached hydrogens (tertiary/aromatic N) is 2. The normalized spacial score (nSPS) is 11.7. The molecule has 0 bridgehead atoms. The van der Waals surface area contributed by atoms with Gasteiger partial charge in [0.15, 0.2) is 0 Å². The van der Waals surface area contributed by atoms with Crippen LogP contribution in [0.4, 0.5) is 0 Å². The average Bonchev–Trinajstić information content (AvgIpc) is 3.84. The molecule has 0 aliphatic rings. The Morgan fingerprint density at radius 2 is 0.855 bits per heavy atom. The minimum absolute atomic E-state index is 0.524. The molecular formula is C58H74N2S2. The molecule has 4 aromatic carbocycles. The first-order valence-corrected chi connectivity index (χ1v) is 24.8. The van der Waals surface area contributed by atoms with Gasteiger partial charge in [-0.3, -0.25) is 9.97 Å². The van der Waals surface area contributed by atoms with E-state index in [9.17, 15) is 0 Å². The van der Waals surface area contributed by atoms with Crippen LogP contribution < -0.4 is 0 Å². The van der Waals surface area contributed by atoms with Crippen molar-refractivity contribution in [1.82, 2.24) is 9.97 Å². The van der Waals surface area contributed by atoms with Crippen LogP contribution in [0.5, 0.6) is 0 Å². The quantitative estimate of drug-likeness (QED) is 0.152. The summed E-state index contributed by atoms with van der Waals surface area (Å²) in [6.45, 7) is 36.2. The number of fused-ring (bicyclic) bond motifs is 4. The molecule has 0 unspecified atom stereocenters. The second-order valence-corrected chi connectivity index (χ2v) is 21.5. The third kappa shape index (κ3) is 11.6. The highest BCUT2D eigenvalue weighted by molar-refractivity contribution is 7.19. The highest BCUT2D eigenvalue weighted by atomic mass is 32.1. The average molecular weight is 863 g/mol. The van der Waals surface area contributed by atoms with Gasteiger partial charge < -0.3 is 0 Å². The molecule has 0 N–H and O–H groups in total. The zero-order chi connectivity index (χ0) is 45.4. The van der Waals surface area contributed by atoms with Crippen LogP contribution in [-0.2, 0) is 0 Å². The lowest BCUT2D eigenvalue weighted by molar-refractivity contribution is 0.815. The smallest absolute Gasteiger partial charge is 0.0736 e. The Morgan fingerprint density at radius 3 is 1.31 bits per heavy atom. The monoisotopic (exact) mass is 863 g/mol. The summed E-state index contributed by atoms with van der Waals surface area (Å²) in [6.07, 6.45) is 5.72. The molecular weight excluding hydrogens is 789 g/mol. The van der Waals surface area contributed by atoms with Gasteiger partial charge in [-0.25, -0.2) is 0 Å². The molecule has 8 aromatic rings. The van der Waals surface area contributed by atoms with Crippen molar-refractivity contribution in [2.45, 2.75) is 158 Å². The highest BCUT2D eigenvalue weighted by Crippen LogP contribution is 2.41. The van der Waals surface area contributed by atoms with E-state index < -0.39 is 0 Å². The molecule has 62 heavy (non-hydrogen) atoms. The summed E-state index contributed by atoms with van der Waals surface area (Å²) in [5, 5.41) is 6.78. The lowest BCUT2D eigenvalue weighted by Crippen LogP contribution is -1.96. The van der Waals surface area contributed by atoms with Crippen LogP contribution in [0.2, 0.25) is 0 Å². The number of thiophene rings is 2. The second-order valence-electron chi connectivity index (χ2n) is 19.4. The van der Waals surface area contributed by atoms with E-state index in [2.05, 4.69) is 206 Å². The molecule has 328 valence electrons. The minimum atomic E-state index is 0.524. The predicted molar refractivity (Wildman–Crippen MR) is 280 cm³/mol. The maximum atomic E-state index is 4.50. The summed E-state index contributed by atoms with van der Waals surface area (Å²) in [5.74, 6) is 4.75. The zero-order valence-corrected chi connectivity index (χ0v) is 42.4. The maximum Gasteiger partial charge on any atom is 0.0736 e. The van der Waals surface area contributed by atoms with Crippen molar-refractivity contribution in [3.63, 3.8) is 0 Å². The van der Waals surface area contributed by atoms with E-state index in [1.165, 1.54) is 58.6 Å². The minimum Gasteiger partial charge on any atom is -0.264 e. The van der Waals surface area contributed by atoms with Crippen molar-refractivity contribution >= 4 is 64.5 Å². The molecule has 0 spiro atoms. The Bertz CT molecular complexity index is 2480. The molecule has 0 fully saturated rings. The SMILES string of the molecule is CC(C)c1cc(C(C)C)c2ccncc2c1.CC(C)c1cc(C(C)C)c2ncccc2c1.CC(C)c1sc2ccccc2c1C(C)C.CC(C)c1sc2ccccc2c1C(C)C. The van der Waals surface area contributed by atoms with Gasteiger partial charge >= 0.3 is 0 Å². The standard InChI is InChI=1S/2C15H19N.2C14H18S/c1-10(2)12-7-13-9-16-6-5-14(13)15(8-12)11(3)4;1-10(2)13-8-12-6-5-7-16-15(12)14(9-13)11(3)4;2*1-9(2)13-11-7-5-6-8-12(11)15-14(13)10(3)4/h2*5-11H,1-4H3;2*5-10H,1-4H3. The summed E-state index contributed by atoms with van der Waals surface area (Å²) in [7, 11) is 0. The van der Waals surface area contributed by atoms with Gasteiger partial charge in [-0.15, -0.1) is 22.7 Å². The molecule has 4 aromatic heterocycles. The van der Waals surface area contributed by atoms with E-state index in [1.807, 2.05) is 47.3 Å². The van der Waals surface area contributed by atoms with E-state index in [-0.39, 0.29) is 0 Å². The molecule has 0 saturated heterocycles. The first-order valence-electron chi connectivity index (χ1n) is 23.2. The van der Waals surface area contributed by atoms with Crippen molar-refractivity contribution in [2.75, 3.05) is 0 Å². The number of aromatic nitrogens is 2. The van der Waals surface area contributed by atoms with Crippen molar-refractivity contribution < 1.29 is 0 Å². The molecule has 0 saturated carbocycles. The number of rotatable bonds is 8. The third-order valence-corrected chi connectivity index (χ3v) is 14.6. The largest absolute Gasteiger partial charge is 0.264 e. The Labute approximate surface area is 383 Å². The fourth-order valence-corrected chi connectivity index (χ4v) is 11.0. The number of hydrogen-bond acceptors (Lipinski definition) is 4. The van der Waals surface area contributed by atoms with Gasteiger partial charge in [-0.2, -0.15) is 0 Å². The van der Waals surface area contributed by atoms with Crippen molar-refractivity contribution in [1.29, 1.82) is 0 Å². The number of benzene rings is 4. The van der Waals surface area contributed by atoms with Crippen LogP contribution in [0.3, 0.4) is 0 Å². The van der Waals surface area contributed by atoms with Gasteiger partial charge in [-0.05, 0) is 133 Å². The van der Waals surface area contributed by atoms with Gasteiger partial charge in [0.1, 0.15) is 0 Å². The molecule has 0 atom stereocenters. The zero-order valence-electron chi connectivity index (χ0n) is 40.7. The maximum absolute atomic E-state index is 4.50. The van der Waals surface area contributed by atoms with E-state index >= 15 is 0 Å². The van der Waals surface area contributed by atoms with Crippen LogP contribution in [-0.4, -0.2) is 9.97 Å². The van der Waals surface area contributed by atoms with E-state index in [1.54, 1.807) is 20.9 Å². The highest BCUT2D eigenvalue weighted by Gasteiger charge is 2.18. The second kappa shape index (κ2) is 21.8. The van der Waals surface area contributed by atoms with Crippen molar-refractivity contribution in [3.8, 4) is 0 Å². The van der Waals surface area contributed by atoms with E-state index in [4.69, 9.17) is 0 Å². The molecule has 0 amide bonds. The van der Waals surface area contributed by atoms with E-state index in [0.717, 1.165) is 5.52 Å². The lowest BCUT2D eigenvalue weighted by Gasteiger charge is -2.14. The van der Waals surface area contributed by atoms with Crippen molar-refractivity contribution in [2.24, 2.45) is 0 Å². The van der Waals surface area contributed by atoms with Gasteiger partial charge in [-0.1, -0.05) is 165 Å². The molecule has 0 radical (unpaired) electrons. The summed E-state index contributed by atoms with van der Waals surface area (Å²) < 4.78 is 2.87. The van der Waals surface area contributed by atoms with Crippen LogP contribution in [0.25, 0.3) is 41.8 Å². The summed E-state index contributed by atoms with van der Waals surface area (Å²) >= 11 is 3.92. The Kier molecular flexibility index (Phi) is 17.1. The summed E-state index contributed by atoms with van der Waals surface area (Å²) in [4.78, 5) is 11.8. The van der Waals surface area contributed by atoms with Crippen LogP contribution in [0.15, 0.2) is 110 Å². The van der Waals surface area contributed by atoms with Gasteiger partial charge in [0.2, 0.25) is 0 Å². The number of pyridine rings is 2. The third-order valence-electron chi connectivity index (χ3n) is 11.7. The Hall–Kier alpha value is -4.38. The summed E-state index contributed by atoms with van der Waals surface area (Å²) in [6, 6.07) is 33.0. The molecule has 2 nitrogen and oxygen atoms in total. The van der Waals surface area contributed by atoms with Crippen molar-refractivity contribution in [3.05, 3.63) is 153 Å². The topological polar surface area (TPSA) is 25.8 Å². The summed E-state index contributed by atoms with van der Waals surface area (Å²) in [5.41, 5.74) is 9.89. The lowest BCUT2D eigenvalue weighted by atomic mass is 9.91. The van der Waals surface area contributed by atoms with Gasteiger partial charge in [0.05, 0.1) is 5.52 Å². The van der Waals surface area contributed by atoms with Crippen LogP contribution in [0, 0.1) is 0 Å². The Morgan fingerprint density at radius 1 is 0.387 bits per heavy atom. The van der Waals surface area contributed by atoms with Gasteiger partial charge in [0, 0.05) is 48.5 Å². The molecule has 4 heteroatoms. The fourth-order valence-electron chi connectivity index (χ4n) is 8.31. The molecule has 8 rings (SSSR count). The Balaban J connectivity index is 0.000000156. The predicted octanol–water partition coefficient (Wildman–Crippen LogP) is 19.3. The molecule has 4 heterocycles. The number of hydrogen-bond donors (Lipinski definition) is 0. The first-order chi connectivity index (χ1) is 29.4. The van der Waals surface area contributed by atoms with E-state index in [0.29, 0.717) is 47.3 Å². The molecule has 0 aliphatic carbocycles. The van der Waals surface area contributed by atoms with Crippen LogP contribution in [0.1, 0.15) is 201 Å². The van der Waals surface area contributed by atoms with Crippen LogP contribution >= 0.6 is 22.7 Å². The fraction of sp³-hybridized carbons (Fsp3) is 0.414. The first kappa shape index (κ1) is 48.6.